The Hall–Kier alpha value is -2.31. The van der Waals surface area contributed by atoms with Crippen molar-refractivity contribution in [2.24, 2.45) is 0 Å². The summed E-state index contributed by atoms with van der Waals surface area (Å²) < 4.78 is 45.9. The number of alkyl halides is 3. The van der Waals surface area contributed by atoms with Crippen molar-refractivity contribution in [3.63, 3.8) is 0 Å². The molecular weight excluding hydrogens is 273 g/mol. The number of hydrogen-bond donors (Lipinski definition) is 0. The van der Waals surface area contributed by atoms with E-state index in [1.165, 1.54) is 24.5 Å². The third kappa shape index (κ3) is 4.42. The number of halogens is 3. The number of nitrogens with zero attached hydrogens (tertiary/aromatic N) is 2. The molecule has 0 saturated carbocycles. The van der Waals surface area contributed by atoms with Crippen molar-refractivity contribution in [3.8, 4) is 11.8 Å². The summed E-state index contributed by atoms with van der Waals surface area (Å²) in [5, 5.41) is 0. The van der Waals surface area contributed by atoms with E-state index in [9.17, 15) is 13.2 Å². The monoisotopic (exact) mass is 284 g/mol. The Balaban J connectivity index is 1.96. The first-order valence-corrected chi connectivity index (χ1v) is 5.78. The van der Waals surface area contributed by atoms with Crippen molar-refractivity contribution in [1.29, 1.82) is 0 Å². The van der Waals surface area contributed by atoms with Crippen molar-refractivity contribution in [2.45, 2.75) is 12.8 Å². The van der Waals surface area contributed by atoms with Gasteiger partial charge in [-0.05, 0) is 17.7 Å². The van der Waals surface area contributed by atoms with Gasteiger partial charge in [0.05, 0.1) is 6.61 Å². The van der Waals surface area contributed by atoms with Crippen molar-refractivity contribution < 1.29 is 22.6 Å². The molecule has 0 saturated heterocycles. The summed E-state index contributed by atoms with van der Waals surface area (Å²) >= 11 is 0. The van der Waals surface area contributed by atoms with Crippen molar-refractivity contribution in [2.75, 3.05) is 6.61 Å². The Morgan fingerprint density at radius 2 is 1.70 bits per heavy atom. The predicted molar refractivity (Wildman–Crippen MR) is 64.4 cm³/mol. The third-order valence-corrected chi connectivity index (χ3v) is 2.34. The van der Waals surface area contributed by atoms with Crippen LogP contribution in [0.2, 0.25) is 0 Å². The van der Waals surface area contributed by atoms with Crippen LogP contribution in [0, 0.1) is 0 Å². The zero-order chi connectivity index (χ0) is 14.4. The fourth-order valence-electron chi connectivity index (χ4n) is 1.55. The Labute approximate surface area is 113 Å². The second kappa shape index (κ2) is 6.23. The maximum atomic E-state index is 12.2. The van der Waals surface area contributed by atoms with Gasteiger partial charge in [0, 0.05) is 18.8 Å². The minimum atomic E-state index is -4.71. The van der Waals surface area contributed by atoms with Crippen LogP contribution < -0.4 is 9.47 Å². The third-order valence-electron chi connectivity index (χ3n) is 2.34. The standard InChI is InChI=1S/C13H11F3N2O2/c14-13(15,16)20-11-5-2-1-4-10(11)6-9-19-12-17-7-3-8-18-12/h1-5,7-8H,6,9H2. The number of para-hydroxylation sites is 1. The summed E-state index contributed by atoms with van der Waals surface area (Å²) in [7, 11) is 0. The maximum Gasteiger partial charge on any atom is 0.573 e. The van der Waals surface area contributed by atoms with Crippen LogP contribution in [0.1, 0.15) is 5.56 Å². The van der Waals surface area contributed by atoms with Gasteiger partial charge in [-0.1, -0.05) is 18.2 Å². The highest BCUT2D eigenvalue weighted by molar-refractivity contribution is 5.33. The molecule has 0 spiro atoms. The first kappa shape index (κ1) is 14.1. The maximum absolute atomic E-state index is 12.2. The molecule has 0 unspecified atom stereocenters. The predicted octanol–water partition coefficient (Wildman–Crippen LogP) is 3.00. The molecule has 0 N–H and O–H groups in total. The van der Waals surface area contributed by atoms with Crippen LogP contribution in [0.5, 0.6) is 11.8 Å². The van der Waals surface area contributed by atoms with E-state index in [0.717, 1.165) is 0 Å². The molecular formula is C13H11F3N2O2. The van der Waals surface area contributed by atoms with Crippen molar-refractivity contribution in [1.82, 2.24) is 9.97 Å². The van der Waals surface area contributed by atoms with Gasteiger partial charge in [0.1, 0.15) is 5.75 Å². The smallest absolute Gasteiger partial charge is 0.463 e. The fourth-order valence-corrected chi connectivity index (χ4v) is 1.55. The molecule has 0 aliphatic rings. The Kier molecular flexibility index (Phi) is 4.39. The van der Waals surface area contributed by atoms with E-state index in [0.29, 0.717) is 5.56 Å². The lowest BCUT2D eigenvalue weighted by Gasteiger charge is -2.13. The van der Waals surface area contributed by atoms with E-state index in [1.54, 1.807) is 18.2 Å². The molecule has 0 bridgehead atoms. The van der Waals surface area contributed by atoms with Gasteiger partial charge in [0.2, 0.25) is 0 Å². The normalized spacial score (nSPS) is 11.2. The summed E-state index contributed by atoms with van der Waals surface area (Å²) in [6, 6.07) is 7.75. The van der Waals surface area contributed by atoms with Crippen LogP contribution in [0.3, 0.4) is 0 Å². The van der Waals surface area contributed by atoms with E-state index >= 15 is 0 Å². The van der Waals surface area contributed by atoms with E-state index in [2.05, 4.69) is 14.7 Å². The molecule has 106 valence electrons. The van der Waals surface area contributed by atoms with Gasteiger partial charge in [-0.3, -0.25) is 0 Å². The molecule has 0 fully saturated rings. The van der Waals surface area contributed by atoms with Gasteiger partial charge in [0.25, 0.3) is 0 Å². The van der Waals surface area contributed by atoms with Crippen LogP contribution in [-0.2, 0) is 6.42 Å². The number of benzene rings is 1. The van der Waals surface area contributed by atoms with E-state index in [4.69, 9.17) is 4.74 Å². The molecule has 2 aromatic rings. The van der Waals surface area contributed by atoms with Crippen LogP contribution in [0.4, 0.5) is 13.2 Å². The summed E-state index contributed by atoms with van der Waals surface area (Å²) in [6.45, 7) is 0.155. The molecule has 0 atom stereocenters. The van der Waals surface area contributed by atoms with Gasteiger partial charge < -0.3 is 9.47 Å². The lowest BCUT2D eigenvalue weighted by atomic mass is 10.1. The summed E-state index contributed by atoms with van der Waals surface area (Å²) in [4.78, 5) is 7.69. The summed E-state index contributed by atoms with van der Waals surface area (Å²) in [5.74, 6) is -0.224. The molecule has 0 aliphatic carbocycles. The molecule has 1 aromatic heterocycles. The van der Waals surface area contributed by atoms with Crippen LogP contribution in [0.25, 0.3) is 0 Å². The van der Waals surface area contributed by atoms with Crippen molar-refractivity contribution in [3.05, 3.63) is 48.3 Å². The Bertz CT molecular complexity index is 547. The SMILES string of the molecule is FC(F)(F)Oc1ccccc1CCOc1ncccn1. The van der Waals surface area contributed by atoms with E-state index in [1.807, 2.05) is 0 Å². The van der Waals surface area contributed by atoms with Gasteiger partial charge in [-0.25, -0.2) is 9.97 Å². The molecule has 1 heterocycles. The lowest BCUT2D eigenvalue weighted by Crippen LogP contribution is -2.18. The molecule has 4 nitrogen and oxygen atoms in total. The van der Waals surface area contributed by atoms with Crippen LogP contribution >= 0.6 is 0 Å². The quantitative estimate of drug-likeness (QED) is 0.846. The average Bonchev–Trinajstić information content (AvgIpc) is 2.40. The topological polar surface area (TPSA) is 44.2 Å². The Morgan fingerprint density at radius 3 is 2.40 bits per heavy atom. The minimum absolute atomic E-state index is 0.155. The van der Waals surface area contributed by atoms with E-state index in [-0.39, 0.29) is 24.8 Å². The second-order valence-corrected chi connectivity index (χ2v) is 3.79. The molecule has 2 rings (SSSR count). The fraction of sp³-hybridized carbons (Fsp3) is 0.231. The molecule has 1 aromatic carbocycles. The number of aromatic nitrogens is 2. The number of hydrogen-bond acceptors (Lipinski definition) is 4. The molecule has 0 radical (unpaired) electrons. The van der Waals surface area contributed by atoms with Crippen molar-refractivity contribution >= 4 is 0 Å². The average molecular weight is 284 g/mol. The largest absolute Gasteiger partial charge is 0.573 e. The first-order chi connectivity index (χ1) is 9.54. The number of ether oxygens (including phenoxy) is 2. The highest BCUT2D eigenvalue weighted by atomic mass is 19.4. The van der Waals surface area contributed by atoms with Crippen LogP contribution in [-0.4, -0.2) is 22.9 Å². The van der Waals surface area contributed by atoms with Gasteiger partial charge in [0.15, 0.2) is 0 Å². The van der Waals surface area contributed by atoms with Gasteiger partial charge >= 0.3 is 12.4 Å². The number of rotatable bonds is 5. The molecule has 0 amide bonds. The highest BCUT2D eigenvalue weighted by Gasteiger charge is 2.31. The highest BCUT2D eigenvalue weighted by Crippen LogP contribution is 2.26. The van der Waals surface area contributed by atoms with E-state index < -0.39 is 6.36 Å². The molecule has 20 heavy (non-hydrogen) atoms. The minimum Gasteiger partial charge on any atom is -0.463 e. The zero-order valence-electron chi connectivity index (χ0n) is 10.3. The first-order valence-electron chi connectivity index (χ1n) is 5.78. The molecule has 7 heteroatoms. The summed E-state index contributed by atoms with van der Waals surface area (Å²) in [5.41, 5.74) is 0.403. The van der Waals surface area contributed by atoms with Crippen LogP contribution in [0.15, 0.2) is 42.7 Å². The zero-order valence-corrected chi connectivity index (χ0v) is 10.3. The molecule has 0 aliphatic heterocycles. The second-order valence-electron chi connectivity index (χ2n) is 3.79. The lowest BCUT2D eigenvalue weighted by molar-refractivity contribution is -0.274. The van der Waals surface area contributed by atoms with Gasteiger partial charge in [-0.2, -0.15) is 0 Å². The van der Waals surface area contributed by atoms with Gasteiger partial charge in [-0.15, -0.1) is 13.2 Å². The Morgan fingerprint density at radius 1 is 1.00 bits per heavy atom. The summed E-state index contributed by atoms with van der Waals surface area (Å²) in [6.07, 6.45) is -1.42.